The summed E-state index contributed by atoms with van der Waals surface area (Å²) in [5, 5.41) is 13.9. The van der Waals surface area contributed by atoms with Crippen molar-refractivity contribution < 1.29 is 19.2 Å². The highest BCUT2D eigenvalue weighted by Crippen LogP contribution is 2.35. The quantitative estimate of drug-likeness (QED) is 0.453. The smallest absolute Gasteiger partial charge is 0.338 e. The van der Waals surface area contributed by atoms with Gasteiger partial charge in [-0.3, -0.25) is 14.9 Å². The Morgan fingerprint density at radius 1 is 1.19 bits per heavy atom. The highest BCUT2D eigenvalue weighted by Gasteiger charge is 2.20. The van der Waals surface area contributed by atoms with E-state index in [1.54, 1.807) is 13.8 Å². The van der Waals surface area contributed by atoms with Crippen LogP contribution in [0.15, 0.2) is 58.3 Å². The Morgan fingerprint density at radius 3 is 2.50 bits per heavy atom. The van der Waals surface area contributed by atoms with Crippen LogP contribution in [0.25, 0.3) is 0 Å². The van der Waals surface area contributed by atoms with E-state index in [-0.39, 0.29) is 17.3 Å². The average molecular weight is 374 g/mol. The first kappa shape index (κ1) is 19.5. The van der Waals surface area contributed by atoms with E-state index in [0.29, 0.717) is 4.90 Å². The molecule has 2 aromatic rings. The lowest BCUT2D eigenvalue weighted by Gasteiger charge is -2.09. The number of hydrogen-bond acceptors (Lipinski definition) is 6. The summed E-state index contributed by atoms with van der Waals surface area (Å²) in [5.41, 5.74) is -0.175. The fourth-order valence-electron chi connectivity index (χ4n) is 2.07. The van der Waals surface area contributed by atoms with Gasteiger partial charge < -0.3 is 10.1 Å². The number of nitrogens with zero attached hydrogens (tertiary/aromatic N) is 1. The molecule has 26 heavy (non-hydrogen) atoms. The van der Waals surface area contributed by atoms with Crippen LogP contribution in [-0.2, 0) is 9.53 Å². The Morgan fingerprint density at radius 2 is 1.88 bits per heavy atom. The van der Waals surface area contributed by atoms with Crippen LogP contribution in [0.3, 0.4) is 0 Å². The van der Waals surface area contributed by atoms with Gasteiger partial charge in [-0.15, -0.1) is 0 Å². The Balaban J connectivity index is 2.13. The van der Waals surface area contributed by atoms with Crippen molar-refractivity contribution in [3.8, 4) is 0 Å². The van der Waals surface area contributed by atoms with Gasteiger partial charge in [0.1, 0.15) is 0 Å². The third kappa shape index (κ3) is 5.59. The summed E-state index contributed by atoms with van der Waals surface area (Å²) in [6.07, 6.45) is 0. The Bertz CT molecular complexity index is 808. The van der Waals surface area contributed by atoms with Crippen LogP contribution < -0.4 is 5.32 Å². The Hall–Kier alpha value is -2.87. The standard InChI is InChI=1S/C18H18N2O5S/c1-12(2)19-17(21)11-25-18(22)13-8-9-16(15(10-13)20(23)24)26-14-6-4-3-5-7-14/h3-10,12H,11H2,1-2H3,(H,19,21). The van der Waals surface area contributed by atoms with Gasteiger partial charge in [0.2, 0.25) is 0 Å². The fourth-order valence-corrected chi connectivity index (χ4v) is 2.99. The van der Waals surface area contributed by atoms with Crippen molar-refractivity contribution in [1.82, 2.24) is 5.32 Å². The van der Waals surface area contributed by atoms with Gasteiger partial charge in [0.05, 0.1) is 15.4 Å². The third-order valence-corrected chi connectivity index (χ3v) is 4.22. The molecule has 1 amide bonds. The molecule has 1 N–H and O–H groups in total. The molecule has 0 saturated heterocycles. The molecule has 0 heterocycles. The molecule has 0 unspecified atom stereocenters. The maximum atomic E-state index is 12.0. The number of nitro benzene ring substituents is 1. The zero-order chi connectivity index (χ0) is 19.1. The summed E-state index contributed by atoms with van der Waals surface area (Å²) in [7, 11) is 0. The van der Waals surface area contributed by atoms with Crippen molar-refractivity contribution in [3.63, 3.8) is 0 Å². The maximum absolute atomic E-state index is 12.0. The Labute approximate surface area is 154 Å². The number of esters is 1. The molecular weight excluding hydrogens is 356 g/mol. The number of carbonyl (C=O) groups excluding carboxylic acids is 2. The van der Waals surface area contributed by atoms with Gasteiger partial charge in [0.15, 0.2) is 6.61 Å². The van der Waals surface area contributed by atoms with Gasteiger partial charge in [-0.05, 0) is 38.1 Å². The van der Waals surface area contributed by atoms with Crippen LogP contribution in [0.5, 0.6) is 0 Å². The van der Waals surface area contributed by atoms with Crippen molar-refractivity contribution in [1.29, 1.82) is 0 Å². The van der Waals surface area contributed by atoms with Gasteiger partial charge in [0, 0.05) is 17.0 Å². The van der Waals surface area contributed by atoms with Crippen LogP contribution in [0.4, 0.5) is 5.69 Å². The summed E-state index contributed by atoms with van der Waals surface area (Å²) < 4.78 is 4.90. The lowest BCUT2D eigenvalue weighted by molar-refractivity contribution is -0.387. The molecule has 0 bridgehead atoms. The van der Waals surface area contributed by atoms with Gasteiger partial charge in [0.25, 0.3) is 11.6 Å². The zero-order valence-electron chi connectivity index (χ0n) is 14.3. The second-order valence-corrected chi connectivity index (χ2v) is 6.77. The van der Waals surface area contributed by atoms with E-state index in [2.05, 4.69) is 5.32 Å². The minimum atomic E-state index is -0.789. The molecule has 7 nitrogen and oxygen atoms in total. The molecule has 136 valence electrons. The largest absolute Gasteiger partial charge is 0.452 e. The maximum Gasteiger partial charge on any atom is 0.338 e. The summed E-state index contributed by atoms with van der Waals surface area (Å²) in [6.45, 7) is 3.13. The van der Waals surface area contributed by atoms with Crippen molar-refractivity contribution in [3.05, 3.63) is 64.2 Å². The monoisotopic (exact) mass is 374 g/mol. The lowest BCUT2D eigenvalue weighted by atomic mass is 10.2. The van der Waals surface area contributed by atoms with Crippen LogP contribution in [-0.4, -0.2) is 29.4 Å². The molecule has 8 heteroatoms. The summed E-state index contributed by atoms with van der Waals surface area (Å²) in [5.74, 6) is -1.22. The van der Waals surface area contributed by atoms with Gasteiger partial charge in [-0.1, -0.05) is 30.0 Å². The van der Waals surface area contributed by atoms with E-state index in [4.69, 9.17) is 4.74 Å². The number of benzene rings is 2. The van der Waals surface area contributed by atoms with Crippen LogP contribution >= 0.6 is 11.8 Å². The normalized spacial score (nSPS) is 10.4. The number of ether oxygens (including phenoxy) is 1. The molecule has 0 aliphatic heterocycles. The number of amides is 1. The second kappa shape index (κ2) is 9.00. The number of hydrogen-bond donors (Lipinski definition) is 1. The molecule has 0 aromatic heterocycles. The number of nitro groups is 1. The molecular formula is C18H18N2O5S. The summed E-state index contributed by atoms with van der Waals surface area (Å²) in [4.78, 5) is 35.6. The first-order valence-corrected chi connectivity index (χ1v) is 8.66. The number of nitrogens with one attached hydrogen (secondary N) is 1. The van der Waals surface area contributed by atoms with Crippen molar-refractivity contribution >= 4 is 29.3 Å². The number of carbonyl (C=O) groups is 2. The minimum absolute atomic E-state index is 0.0199. The molecule has 0 aliphatic carbocycles. The van der Waals surface area contributed by atoms with Gasteiger partial charge >= 0.3 is 5.97 Å². The first-order valence-electron chi connectivity index (χ1n) is 7.84. The van der Waals surface area contributed by atoms with E-state index in [0.717, 1.165) is 11.0 Å². The summed E-state index contributed by atoms with van der Waals surface area (Å²) >= 11 is 1.23. The predicted octanol–water partition coefficient (Wildman–Crippen LogP) is 3.43. The third-order valence-electron chi connectivity index (χ3n) is 3.15. The van der Waals surface area contributed by atoms with E-state index in [1.165, 1.54) is 23.9 Å². The highest BCUT2D eigenvalue weighted by molar-refractivity contribution is 7.99. The first-order chi connectivity index (χ1) is 12.4. The molecule has 0 saturated carbocycles. The fraction of sp³-hybridized carbons (Fsp3) is 0.222. The number of rotatable bonds is 7. The zero-order valence-corrected chi connectivity index (χ0v) is 15.1. The van der Waals surface area contributed by atoms with E-state index in [9.17, 15) is 19.7 Å². The minimum Gasteiger partial charge on any atom is -0.452 e. The summed E-state index contributed by atoms with van der Waals surface area (Å²) in [6, 6.07) is 13.2. The average Bonchev–Trinajstić information content (AvgIpc) is 2.60. The lowest BCUT2D eigenvalue weighted by Crippen LogP contribution is -2.33. The van der Waals surface area contributed by atoms with Crippen LogP contribution in [0.2, 0.25) is 0 Å². The highest BCUT2D eigenvalue weighted by atomic mass is 32.2. The van der Waals surface area contributed by atoms with Crippen molar-refractivity contribution in [2.75, 3.05) is 6.61 Å². The molecule has 0 spiro atoms. The van der Waals surface area contributed by atoms with E-state index < -0.39 is 23.4 Å². The Kier molecular flexibility index (Phi) is 6.74. The predicted molar refractivity (Wildman–Crippen MR) is 97.2 cm³/mol. The molecule has 0 aliphatic rings. The SMILES string of the molecule is CC(C)NC(=O)COC(=O)c1ccc(Sc2ccccc2)c([N+](=O)[O-])c1. The van der Waals surface area contributed by atoms with Crippen LogP contribution in [0.1, 0.15) is 24.2 Å². The van der Waals surface area contributed by atoms with E-state index >= 15 is 0 Å². The molecule has 0 fully saturated rings. The van der Waals surface area contributed by atoms with Gasteiger partial charge in [-0.2, -0.15) is 0 Å². The van der Waals surface area contributed by atoms with Crippen molar-refractivity contribution in [2.45, 2.75) is 29.7 Å². The molecule has 2 rings (SSSR count). The molecule has 0 radical (unpaired) electrons. The van der Waals surface area contributed by atoms with E-state index in [1.807, 2.05) is 30.3 Å². The van der Waals surface area contributed by atoms with Crippen molar-refractivity contribution in [2.24, 2.45) is 0 Å². The van der Waals surface area contributed by atoms with Gasteiger partial charge in [-0.25, -0.2) is 4.79 Å². The topological polar surface area (TPSA) is 98.5 Å². The second-order valence-electron chi connectivity index (χ2n) is 5.65. The molecule has 2 aromatic carbocycles. The van der Waals surface area contributed by atoms with Crippen LogP contribution in [0, 0.1) is 10.1 Å². The molecule has 0 atom stereocenters.